The summed E-state index contributed by atoms with van der Waals surface area (Å²) in [6.45, 7) is 1.40. The Morgan fingerprint density at radius 2 is 1.79 bits per heavy atom. The molecule has 0 atom stereocenters. The zero-order valence-corrected chi connectivity index (χ0v) is 10.1. The van der Waals surface area contributed by atoms with E-state index in [1.54, 1.807) is 24.3 Å². The van der Waals surface area contributed by atoms with Crippen molar-refractivity contribution < 1.29 is 12.4 Å². The zero-order chi connectivity index (χ0) is 9.84. The second-order valence-electron chi connectivity index (χ2n) is 2.81. The van der Waals surface area contributed by atoms with E-state index in [-0.39, 0.29) is 43.9 Å². The molecule has 0 aliphatic carbocycles. The van der Waals surface area contributed by atoms with E-state index in [0.29, 0.717) is 10.6 Å². The Hall–Kier alpha value is -0.384. The maximum atomic E-state index is 11.3. The molecular formula is C10H11ClMgO2. The van der Waals surface area contributed by atoms with E-state index in [4.69, 9.17) is 11.6 Å². The molecule has 1 rings (SSSR count). The average Bonchev–Trinajstić information content (AvgIpc) is 2.04. The first-order valence-corrected chi connectivity index (χ1v) is 4.25. The van der Waals surface area contributed by atoms with Crippen LogP contribution in [-0.4, -0.2) is 34.6 Å². The molecule has 0 N–H and O–H groups in total. The van der Waals surface area contributed by atoms with E-state index in [9.17, 15) is 9.59 Å². The number of ketones is 2. The summed E-state index contributed by atoms with van der Waals surface area (Å²) in [5.74, 6) is -0.288. The minimum Gasteiger partial charge on any atom is -1.00 e. The number of Topliss-reactive ketones (excluding diaryl/α,β-unsaturated/α-hetero) is 2. The molecule has 0 spiro atoms. The molecule has 0 aromatic heterocycles. The first kappa shape index (κ1) is 13.6. The van der Waals surface area contributed by atoms with Crippen molar-refractivity contribution in [2.75, 3.05) is 0 Å². The first-order valence-electron chi connectivity index (χ1n) is 3.88. The number of carbonyl (C=O) groups excluding carboxylic acids is 2. The van der Waals surface area contributed by atoms with Gasteiger partial charge in [-0.2, -0.15) is 0 Å². The topological polar surface area (TPSA) is 34.1 Å². The normalized spacial score (nSPS) is 9.00. The average molecular weight is 223 g/mol. The standard InChI is InChI=1S/C10H9ClO2.Mg.2H/c1-7(12)6-10(13)8-2-4-9(11)5-3-8;;;/h2-5H,6H2,1H3;;;/q;+2;2*-1. The van der Waals surface area contributed by atoms with Crippen LogP contribution < -0.4 is 0 Å². The predicted octanol–water partition coefficient (Wildman–Crippen LogP) is 2.35. The van der Waals surface area contributed by atoms with Gasteiger partial charge in [0, 0.05) is 10.6 Å². The molecule has 0 saturated carbocycles. The number of benzene rings is 1. The van der Waals surface area contributed by atoms with Crippen molar-refractivity contribution in [1.29, 1.82) is 0 Å². The van der Waals surface area contributed by atoms with E-state index in [0.717, 1.165) is 0 Å². The molecule has 14 heavy (non-hydrogen) atoms. The van der Waals surface area contributed by atoms with Gasteiger partial charge < -0.3 is 2.85 Å². The maximum Gasteiger partial charge on any atom is 2.00 e. The molecule has 4 heteroatoms. The van der Waals surface area contributed by atoms with Crippen LogP contribution in [0.25, 0.3) is 0 Å². The Morgan fingerprint density at radius 3 is 2.21 bits per heavy atom. The fourth-order valence-electron chi connectivity index (χ4n) is 0.964. The molecular weight excluding hydrogens is 212 g/mol. The van der Waals surface area contributed by atoms with Crippen molar-refractivity contribution in [3.05, 3.63) is 34.9 Å². The molecule has 0 aliphatic rings. The largest absolute Gasteiger partial charge is 2.00 e. The van der Waals surface area contributed by atoms with E-state index in [2.05, 4.69) is 0 Å². The zero-order valence-electron chi connectivity index (χ0n) is 9.92. The van der Waals surface area contributed by atoms with Crippen molar-refractivity contribution >= 4 is 46.2 Å². The van der Waals surface area contributed by atoms with Crippen LogP contribution in [0, 0.1) is 0 Å². The van der Waals surface area contributed by atoms with Crippen LogP contribution in [-0.2, 0) is 4.79 Å². The Kier molecular flexibility index (Phi) is 6.00. The van der Waals surface area contributed by atoms with Gasteiger partial charge >= 0.3 is 23.1 Å². The molecule has 2 nitrogen and oxygen atoms in total. The van der Waals surface area contributed by atoms with Crippen molar-refractivity contribution in [2.24, 2.45) is 0 Å². The van der Waals surface area contributed by atoms with Gasteiger partial charge in [-0.25, -0.2) is 0 Å². The molecule has 72 valence electrons. The first-order chi connectivity index (χ1) is 6.09. The summed E-state index contributed by atoms with van der Waals surface area (Å²) < 4.78 is 0. The Balaban J connectivity index is -0.000000563. The molecule has 0 fully saturated rings. The van der Waals surface area contributed by atoms with E-state index in [1.807, 2.05) is 0 Å². The van der Waals surface area contributed by atoms with Crippen molar-refractivity contribution in [3.8, 4) is 0 Å². The summed E-state index contributed by atoms with van der Waals surface area (Å²) in [6.07, 6.45) is -0.0400. The van der Waals surface area contributed by atoms with Crippen LogP contribution in [0.2, 0.25) is 5.02 Å². The van der Waals surface area contributed by atoms with Crippen molar-refractivity contribution in [3.63, 3.8) is 0 Å². The predicted molar refractivity (Wildman–Crippen MR) is 59.1 cm³/mol. The summed E-state index contributed by atoms with van der Waals surface area (Å²) in [6, 6.07) is 6.51. The second kappa shape index (κ2) is 6.17. The Labute approximate surface area is 107 Å². The van der Waals surface area contributed by atoms with Gasteiger partial charge in [-0.15, -0.1) is 0 Å². The van der Waals surface area contributed by atoms with E-state index in [1.165, 1.54) is 6.92 Å². The van der Waals surface area contributed by atoms with Gasteiger partial charge in [0.2, 0.25) is 0 Å². The minimum absolute atomic E-state index is 0. The third-order valence-corrected chi connectivity index (χ3v) is 1.83. The fourth-order valence-corrected chi connectivity index (χ4v) is 1.09. The minimum atomic E-state index is -0.163. The van der Waals surface area contributed by atoms with Crippen LogP contribution in [0.3, 0.4) is 0 Å². The fraction of sp³-hybridized carbons (Fsp3) is 0.200. The summed E-state index contributed by atoms with van der Waals surface area (Å²) in [5, 5.41) is 0.583. The Bertz CT molecular complexity index is 341. The van der Waals surface area contributed by atoms with Gasteiger partial charge in [-0.1, -0.05) is 11.6 Å². The monoisotopic (exact) mass is 222 g/mol. The quantitative estimate of drug-likeness (QED) is 0.447. The summed E-state index contributed by atoms with van der Waals surface area (Å²) in [7, 11) is 0. The third kappa shape index (κ3) is 4.22. The van der Waals surface area contributed by atoms with Gasteiger partial charge in [0.15, 0.2) is 5.78 Å². The van der Waals surface area contributed by atoms with Crippen LogP contribution in [0.4, 0.5) is 0 Å². The Morgan fingerprint density at radius 1 is 1.29 bits per heavy atom. The van der Waals surface area contributed by atoms with Crippen LogP contribution in [0.5, 0.6) is 0 Å². The molecule has 0 radical (unpaired) electrons. The number of hydrogen-bond donors (Lipinski definition) is 0. The van der Waals surface area contributed by atoms with Gasteiger partial charge in [0.05, 0.1) is 6.42 Å². The molecule has 1 aromatic carbocycles. The number of rotatable bonds is 3. The smallest absolute Gasteiger partial charge is 1.00 e. The van der Waals surface area contributed by atoms with Crippen molar-refractivity contribution in [2.45, 2.75) is 13.3 Å². The number of halogens is 1. The van der Waals surface area contributed by atoms with Gasteiger partial charge in [-0.3, -0.25) is 9.59 Å². The van der Waals surface area contributed by atoms with Crippen LogP contribution in [0.15, 0.2) is 24.3 Å². The van der Waals surface area contributed by atoms with Gasteiger partial charge in [0.25, 0.3) is 0 Å². The molecule has 0 amide bonds. The second-order valence-corrected chi connectivity index (χ2v) is 3.25. The number of hydrogen-bond acceptors (Lipinski definition) is 2. The molecule has 0 saturated heterocycles. The number of carbonyl (C=O) groups is 2. The summed E-state index contributed by atoms with van der Waals surface area (Å²) in [4.78, 5) is 22.0. The summed E-state index contributed by atoms with van der Waals surface area (Å²) >= 11 is 5.64. The molecule has 0 unspecified atom stereocenters. The van der Waals surface area contributed by atoms with E-state index >= 15 is 0 Å². The molecule has 0 heterocycles. The molecule has 0 aliphatic heterocycles. The van der Waals surface area contributed by atoms with Gasteiger partial charge in [0.1, 0.15) is 5.78 Å². The molecule has 1 aromatic rings. The van der Waals surface area contributed by atoms with E-state index < -0.39 is 0 Å². The molecule has 0 bridgehead atoms. The third-order valence-electron chi connectivity index (χ3n) is 1.58. The summed E-state index contributed by atoms with van der Waals surface area (Å²) in [5.41, 5.74) is 0.527. The van der Waals surface area contributed by atoms with Crippen molar-refractivity contribution in [1.82, 2.24) is 0 Å². The van der Waals surface area contributed by atoms with Crippen LogP contribution >= 0.6 is 11.6 Å². The SMILES string of the molecule is CC(=O)CC(=O)c1ccc(Cl)cc1.[H-].[H-].[Mg+2]. The maximum absolute atomic E-state index is 11.3. The van der Waals surface area contributed by atoms with Gasteiger partial charge in [-0.05, 0) is 31.2 Å². The van der Waals surface area contributed by atoms with Crippen LogP contribution in [0.1, 0.15) is 26.6 Å².